The molecule has 1 aromatic heterocycles. The number of aromatic nitrogens is 1. The third-order valence-corrected chi connectivity index (χ3v) is 3.14. The van der Waals surface area contributed by atoms with Crippen LogP contribution in [-0.4, -0.2) is 16.1 Å². The maximum Gasteiger partial charge on any atom is 0.335 e. The summed E-state index contributed by atoms with van der Waals surface area (Å²) in [6.07, 6.45) is 1.67. The number of para-hydroxylation sites is 1. The van der Waals surface area contributed by atoms with E-state index >= 15 is 0 Å². The topological polar surface area (TPSA) is 59.4 Å². The van der Waals surface area contributed by atoms with Gasteiger partial charge in [0.05, 0.1) is 17.3 Å². The van der Waals surface area contributed by atoms with Gasteiger partial charge in [0, 0.05) is 5.39 Å². The molecular formula is C17H13NO3. The number of nitrogens with zero attached hydrogens (tertiary/aromatic N) is 1. The smallest absolute Gasteiger partial charge is 0.335 e. The van der Waals surface area contributed by atoms with Gasteiger partial charge < -0.3 is 9.84 Å². The van der Waals surface area contributed by atoms with E-state index in [2.05, 4.69) is 4.98 Å². The van der Waals surface area contributed by atoms with Crippen molar-refractivity contribution in [3.8, 4) is 5.75 Å². The number of fused-ring (bicyclic) bond motifs is 1. The molecule has 1 N–H and O–H groups in total. The Bertz CT molecular complexity index is 799. The largest absolute Gasteiger partial charge is 0.487 e. The van der Waals surface area contributed by atoms with E-state index in [1.165, 1.54) is 0 Å². The molecule has 0 saturated heterocycles. The normalized spacial score (nSPS) is 10.5. The van der Waals surface area contributed by atoms with Crippen LogP contribution in [0.3, 0.4) is 0 Å². The van der Waals surface area contributed by atoms with Crippen molar-refractivity contribution in [2.75, 3.05) is 0 Å². The summed E-state index contributed by atoms with van der Waals surface area (Å²) in [5, 5.41) is 9.97. The number of pyridine rings is 1. The third-order valence-electron chi connectivity index (χ3n) is 3.14. The van der Waals surface area contributed by atoms with E-state index < -0.39 is 5.97 Å². The number of carbonyl (C=O) groups is 1. The van der Waals surface area contributed by atoms with Crippen LogP contribution in [0, 0.1) is 0 Å². The molecule has 0 bridgehead atoms. The fourth-order valence-corrected chi connectivity index (χ4v) is 2.09. The highest BCUT2D eigenvalue weighted by molar-refractivity contribution is 5.87. The molecule has 0 aliphatic carbocycles. The number of hydrogen-bond acceptors (Lipinski definition) is 3. The van der Waals surface area contributed by atoms with Gasteiger partial charge in [0.2, 0.25) is 0 Å². The molecule has 0 radical (unpaired) electrons. The lowest BCUT2D eigenvalue weighted by Gasteiger charge is -2.07. The highest BCUT2D eigenvalue weighted by Crippen LogP contribution is 2.19. The quantitative estimate of drug-likeness (QED) is 0.794. The number of rotatable bonds is 4. The molecule has 0 spiro atoms. The van der Waals surface area contributed by atoms with Gasteiger partial charge in [0.25, 0.3) is 0 Å². The molecule has 4 heteroatoms. The van der Waals surface area contributed by atoms with E-state index in [0.29, 0.717) is 12.4 Å². The van der Waals surface area contributed by atoms with Crippen molar-refractivity contribution in [1.82, 2.24) is 4.98 Å². The number of carboxylic acids is 1. The Morgan fingerprint density at radius 2 is 1.95 bits per heavy atom. The summed E-state index contributed by atoms with van der Waals surface area (Å²) in [6.45, 7) is 0.307. The van der Waals surface area contributed by atoms with Crippen LogP contribution < -0.4 is 4.74 Å². The van der Waals surface area contributed by atoms with Crippen molar-refractivity contribution >= 4 is 16.9 Å². The molecule has 0 amide bonds. The maximum absolute atomic E-state index is 10.9. The Balaban J connectivity index is 1.77. The Kier molecular flexibility index (Phi) is 3.51. The third kappa shape index (κ3) is 3.00. The summed E-state index contributed by atoms with van der Waals surface area (Å²) in [5.74, 6) is -0.279. The van der Waals surface area contributed by atoms with Gasteiger partial charge in [-0.1, -0.05) is 30.3 Å². The van der Waals surface area contributed by atoms with E-state index in [1.54, 1.807) is 24.4 Å². The lowest BCUT2D eigenvalue weighted by atomic mass is 10.1. The number of aromatic carboxylic acids is 1. The molecule has 0 fully saturated rings. The molecule has 2 aromatic carbocycles. The summed E-state index contributed by atoms with van der Waals surface area (Å²) in [4.78, 5) is 15.2. The lowest BCUT2D eigenvalue weighted by molar-refractivity contribution is 0.0696. The van der Waals surface area contributed by atoms with Crippen molar-refractivity contribution in [3.05, 3.63) is 71.9 Å². The average Bonchev–Trinajstić information content (AvgIpc) is 2.53. The lowest BCUT2D eigenvalue weighted by Crippen LogP contribution is -2.00. The molecule has 3 rings (SSSR count). The minimum Gasteiger partial charge on any atom is -0.487 e. The number of ether oxygens (including phenoxy) is 1. The Morgan fingerprint density at radius 1 is 1.10 bits per heavy atom. The summed E-state index contributed by atoms with van der Waals surface area (Å²) in [7, 11) is 0. The standard InChI is InChI=1S/C17H13NO3/c19-17(20)14-6-3-4-12(8-14)11-21-15-9-13-5-1-2-7-16(13)18-10-15/h1-10H,11H2,(H,19,20). The second-order valence-corrected chi connectivity index (χ2v) is 4.66. The van der Waals surface area contributed by atoms with Crippen LogP contribution in [-0.2, 0) is 6.61 Å². The van der Waals surface area contributed by atoms with Gasteiger partial charge in [-0.25, -0.2) is 4.79 Å². The molecule has 0 unspecified atom stereocenters. The summed E-state index contributed by atoms with van der Waals surface area (Å²) in [5.41, 5.74) is 1.98. The molecule has 0 aliphatic heterocycles. The van der Waals surface area contributed by atoms with Crippen molar-refractivity contribution < 1.29 is 14.6 Å². The van der Waals surface area contributed by atoms with Crippen molar-refractivity contribution in [1.29, 1.82) is 0 Å². The summed E-state index contributed by atoms with van der Waals surface area (Å²) < 4.78 is 5.68. The Hall–Kier alpha value is -2.88. The van der Waals surface area contributed by atoms with Crippen LogP contribution in [0.15, 0.2) is 60.8 Å². The first kappa shape index (κ1) is 13.1. The van der Waals surface area contributed by atoms with Crippen LogP contribution in [0.25, 0.3) is 10.9 Å². The predicted octanol–water partition coefficient (Wildman–Crippen LogP) is 3.51. The van der Waals surface area contributed by atoms with Crippen LogP contribution in [0.5, 0.6) is 5.75 Å². The van der Waals surface area contributed by atoms with Gasteiger partial charge in [-0.3, -0.25) is 4.98 Å². The van der Waals surface area contributed by atoms with E-state index in [9.17, 15) is 4.79 Å². The van der Waals surface area contributed by atoms with Gasteiger partial charge in [-0.15, -0.1) is 0 Å². The second kappa shape index (κ2) is 5.63. The minimum absolute atomic E-state index is 0.257. The maximum atomic E-state index is 10.9. The van der Waals surface area contributed by atoms with E-state index in [-0.39, 0.29) is 5.56 Å². The summed E-state index contributed by atoms with van der Waals surface area (Å²) >= 11 is 0. The van der Waals surface area contributed by atoms with Crippen LogP contribution >= 0.6 is 0 Å². The molecular weight excluding hydrogens is 266 g/mol. The van der Waals surface area contributed by atoms with E-state index in [0.717, 1.165) is 16.5 Å². The summed E-state index contributed by atoms with van der Waals surface area (Å²) in [6, 6.07) is 16.4. The molecule has 1 heterocycles. The molecule has 0 saturated carbocycles. The number of hydrogen-bond donors (Lipinski definition) is 1. The SMILES string of the molecule is O=C(O)c1cccc(COc2cnc3ccccc3c2)c1. The first-order valence-corrected chi connectivity index (χ1v) is 6.52. The molecule has 3 aromatic rings. The van der Waals surface area contributed by atoms with E-state index in [4.69, 9.17) is 9.84 Å². The first-order valence-electron chi connectivity index (χ1n) is 6.52. The van der Waals surface area contributed by atoms with Gasteiger partial charge in [-0.2, -0.15) is 0 Å². The predicted molar refractivity (Wildman–Crippen MR) is 79.5 cm³/mol. The first-order chi connectivity index (χ1) is 10.2. The highest BCUT2D eigenvalue weighted by Gasteiger charge is 2.04. The highest BCUT2D eigenvalue weighted by atomic mass is 16.5. The molecule has 0 aliphatic rings. The molecule has 0 atom stereocenters. The fourth-order valence-electron chi connectivity index (χ4n) is 2.09. The average molecular weight is 279 g/mol. The number of carboxylic acid groups (broad SMARTS) is 1. The van der Waals surface area contributed by atoms with Crippen LogP contribution in [0.4, 0.5) is 0 Å². The second-order valence-electron chi connectivity index (χ2n) is 4.66. The van der Waals surface area contributed by atoms with Gasteiger partial charge in [-0.05, 0) is 29.8 Å². The van der Waals surface area contributed by atoms with Crippen molar-refractivity contribution in [3.63, 3.8) is 0 Å². The van der Waals surface area contributed by atoms with Crippen molar-refractivity contribution in [2.24, 2.45) is 0 Å². The molecule has 21 heavy (non-hydrogen) atoms. The van der Waals surface area contributed by atoms with Crippen LogP contribution in [0.1, 0.15) is 15.9 Å². The number of benzene rings is 2. The van der Waals surface area contributed by atoms with Gasteiger partial charge >= 0.3 is 5.97 Å². The Morgan fingerprint density at radius 3 is 2.81 bits per heavy atom. The van der Waals surface area contributed by atoms with Gasteiger partial charge in [0.15, 0.2) is 0 Å². The van der Waals surface area contributed by atoms with Crippen LogP contribution in [0.2, 0.25) is 0 Å². The zero-order chi connectivity index (χ0) is 14.7. The Labute approximate surface area is 121 Å². The zero-order valence-electron chi connectivity index (χ0n) is 11.2. The van der Waals surface area contributed by atoms with Gasteiger partial charge in [0.1, 0.15) is 12.4 Å². The zero-order valence-corrected chi connectivity index (χ0v) is 11.2. The van der Waals surface area contributed by atoms with Crippen molar-refractivity contribution in [2.45, 2.75) is 6.61 Å². The minimum atomic E-state index is -0.941. The molecule has 104 valence electrons. The fraction of sp³-hybridized carbons (Fsp3) is 0.0588. The van der Waals surface area contributed by atoms with E-state index in [1.807, 2.05) is 36.4 Å². The monoisotopic (exact) mass is 279 g/mol. The molecule has 4 nitrogen and oxygen atoms in total.